The van der Waals surface area contributed by atoms with Crippen molar-refractivity contribution in [2.45, 2.75) is 181 Å². The maximum Gasteiger partial charge on any atom is 0.254 e. The van der Waals surface area contributed by atoms with Crippen LogP contribution in [0.2, 0.25) is 0 Å². The van der Waals surface area contributed by atoms with Crippen LogP contribution < -0.4 is 4.57 Å². The van der Waals surface area contributed by atoms with Gasteiger partial charge in [0.15, 0.2) is 0 Å². The molecule has 1 N–H and O–H groups in total. The summed E-state index contributed by atoms with van der Waals surface area (Å²) in [6, 6.07) is 0. The minimum Gasteiger partial charge on any atom is -0.248 e. The highest BCUT2D eigenvalue weighted by Crippen LogP contribution is 2.15. The number of aromatic nitrogens is 2. The van der Waals surface area contributed by atoms with Gasteiger partial charge in [0.05, 0.1) is 6.54 Å². The molecule has 0 bridgehead atoms. The van der Waals surface area contributed by atoms with Crippen LogP contribution in [0.3, 0.4) is 0 Å². The molecule has 0 atom stereocenters. The van der Waals surface area contributed by atoms with Gasteiger partial charge in [-0.2, -0.15) is 0 Å². The Morgan fingerprint density at radius 1 is 0.588 bits per heavy atom. The van der Waals surface area contributed by atoms with Crippen molar-refractivity contribution in [2.75, 3.05) is 0 Å². The minimum absolute atomic E-state index is 0.889. The molecule has 0 spiro atoms. The van der Waals surface area contributed by atoms with E-state index in [-0.39, 0.29) is 0 Å². The number of H-pyrrole nitrogens is 1. The lowest BCUT2D eigenvalue weighted by Crippen LogP contribution is -2.36. The molecule has 1 rings (SSSR count). The summed E-state index contributed by atoms with van der Waals surface area (Å²) in [5, 5.41) is 0. The Balaban J connectivity index is 1.85. The van der Waals surface area contributed by atoms with Crippen LogP contribution in [-0.4, -0.2) is 4.98 Å². The Hall–Kier alpha value is -0.790. The second-order valence-electron chi connectivity index (χ2n) is 11.5. The Kier molecular flexibility index (Phi) is 22.0. The molecule has 0 aromatic carbocycles. The molecule has 1 aromatic heterocycles. The van der Waals surface area contributed by atoms with E-state index in [0.717, 1.165) is 5.92 Å². The Bertz CT molecular complexity index is 519. The normalized spacial score (nSPS) is 11.6. The number of nitrogens with one attached hydrogen (secondary N) is 1. The molecule has 0 saturated carbocycles. The van der Waals surface area contributed by atoms with E-state index < -0.39 is 0 Å². The number of nitrogens with zero attached hydrogens (tertiary/aromatic N) is 1. The summed E-state index contributed by atoms with van der Waals surface area (Å²) >= 11 is 0. The van der Waals surface area contributed by atoms with Crippen LogP contribution in [0.4, 0.5) is 0 Å². The topological polar surface area (TPSA) is 19.7 Å². The molecule has 1 heterocycles. The molecular formula is C32H63N2+. The average Bonchev–Trinajstić information content (AvgIpc) is 3.27. The quantitative estimate of drug-likeness (QED) is 0.101. The summed E-state index contributed by atoms with van der Waals surface area (Å²) < 4.78 is 2.47. The lowest BCUT2D eigenvalue weighted by Gasteiger charge is -2.05. The molecule has 0 aliphatic carbocycles. The highest BCUT2D eigenvalue weighted by molar-refractivity contribution is 4.77. The van der Waals surface area contributed by atoms with Crippen molar-refractivity contribution >= 4 is 0 Å². The Labute approximate surface area is 215 Å². The first-order valence-corrected chi connectivity index (χ1v) is 15.8. The number of hydrogen-bond donors (Lipinski definition) is 1. The molecule has 0 amide bonds. The number of unbranched alkanes of at least 4 members (excludes halogenated alkanes) is 20. The Morgan fingerprint density at radius 2 is 1.03 bits per heavy atom. The zero-order chi connectivity index (χ0) is 24.5. The zero-order valence-electron chi connectivity index (χ0n) is 23.9. The molecule has 0 unspecified atom stereocenters. The van der Waals surface area contributed by atoms with Gasteiger partial charge in [-0.3, -0.25) is 0 Å². The fourth-order valence-corrected chi connectivity index (χ4v) is 5.20. The van der Waals surface area contributed by atoms with Gasteiger partial charge in [0.2, 0.25) is 0 Å². The van der Waals surface area contributed by atoms with Crippen molar-refractivity contribution in [1.82, 2.24) is 4.98 Å². The second-order valence-corrected chi connectivity index (χ2v) is 11.5. The van der Waals surface area contributed by atoms with E-state index >= 15 is 0 Å². The van der Waals surface area contributed by atoms with Crippen molar-refractivity contribution in [1.29, 1.82) is 0 Å². The summed E-state index contributed by atoms with van der Waals surface area (Å²) in [7, 11) is 0. The van der Waals surface area contributed by atoms with Crippen LogP contribution >= 0.6 is 0 Å². The van der Waals surface area contributed by atoms with Crippen LogP contribution in [0.15, 0.2) is 12.4 Å². The minimum atomic E-state index is 0.889. The van der Waals surface area contributed by atoms with Crippen molar-refractivity contribution < 1.29 is 4.57 Å². The van der Waals surface area contributed by atoms with Gasteiger partial charge in [-0.1, -0.05) is 149 Å². The van der Waals surface area contributed by atoms with Gasteiger partial charge in [0.25, 0.3) is 5.82 Å². The standard InChI is InChI=1S/C32H62N2/c1-4-5-6-7-8-19-22-25-29-34-30-28-33-32(34)27-24-21-18-16-14-12-10-9-11-13-15-17-20-23-26-31(2)3/h28,30-31H,4-27,29H2,1-3H3/p+1. The predicted molar refractivity (Wildman–Crippen MR) is 151 cm³/mol. The number of hydrogen-bond acceptors (Lipinski definition) is 0. The molecule has 2 heteroatoms. The molecule has 2 nitrogen and oxygen atoms in total. The van der Waals surface area contributed by atoms with Gasteiger partial charge < -0.3 is 0 Å². The zero-order valence-corrected chi connectivity index (χ0v) is 23.9. The summed E-state index contributed by atoms with van der Waals surface area (Å²) in [5.41, 5.74) is 0. The third-order valence-electron chi connectivity index (χ3n) is 7.55. The second kappa shape index (κ2) is 23.9. The molecule has 1 aromatic rings. The van der Waals surface area contributed by atoms with E-state index in [0.29, 0.717) is 0 Å². The summed E-state index contributed by atoms with van der Waals surface area (Å²) in [4.78, 5) is 3.50. The highest BCUT2D eigenvalue weighted by Gasteiger charge is 2.09. The molecular weight excluding hydrogens is 412 g/mol. The lowest BCUT2D eigenvalue weighted by atomic mass is 10.0. The van der Waals surface area contributed by atoms with Gasteiger partial charge in [-0.05, 0) is 25.2 Å². The van der Waals surface area contributed by atoms with E-state index in [1.54, 1.807) is 0 Å². The van der Waals surface area contributed by atoms with Crippen molar-refractivity contribution in [3.05, 3.63) is 18.2 Å². The van der Waals surface area contributed by atoms with Crippen molar-refractivity contribution in [2.24, 2.45) is 5.92 Å². The van der Waals surface area contributed by atoms with E-state index in [2.05, 4.69) is 42.7 Å². The third kappa shape index (κ3) is 19.5. The van der Waals surface area contributed by atoms with Gasteiger partial charge in [-0.15, -0.1) is 0 Å². The van der Waals surface area contributed by atoms with Gasteiger partial charge >= 0.3 is 0 Å². The van der Waals surface area contributed by atoms with Crippen LogP contribution in [0.5, 0.6) is 0 Å². The summed E-state index contributed by atoms with van der Waals surface area (Å²) in [6.07, 6.45) is 38.5. The smallest absolute Gasteiger partial charge is 0.248 e. The SMILES string of the molecule is CCCCCCCCCC[n+]1cc[nH]c1CCCCCCCCCCCCCCCCC(C)C. The molecule has 0 radical (unpaired) electrons. The molecule has 34 heavy (non-hydrogen) atoms. The van der Waals surface area contributed by atoms with E-state index in [9.17, 15) is 0 Å². The third-order valence-corrected chi connectivity index (χ3v) is 7.55. The lowest BCUT2D eigenvalue weighted by molar-refractivity contribution is -0.703. The molecule has 0 aliphatic rings. The average molecular weight is 476 g/mol. The summed E-state index contributed by atoms with van der Waals surface area (Å²) in [6.45, 7) is 8.19. The number of rotatable bonds is 26. The number of aryl methyl sites for hydroxylation is 2. The first-order chi connectivity index (χ1) is 16.7. The fraction of sp³-hybridized carbons (Fsp3) is 0.906. The largest absolute Gasteiger partial charge is 0.254 e. The first-order valence-electron chi connectivity index (χ1n) is 15.8. The molecule has 0 saturated heterocycles. The van der Waals surface area contributed by atoms with Gasteiger partial charge in [0, 0.05) is 6.42 Å². The first kappa shape index (κ1) is 31.2. The fourth-order valence-electron chi connectivity index (χ4n) is 5.20. The van der Waals surface area contributed by atoms with Gasteiger partial charge in [-0.25, -0.2) is 9.55 Å². The molecule has 0 aliphatic heterocycles. The van der Waals surface area contributed by atoms with Gasteiger partial charge in [0.1, 0.15) is 12.4 Å². The summed E-state index contributed by atoms with van der Waals surface area (Å²) in [5.74, 6) is 2.34. The van der Waals surface area contributed by atoms with Crippen LogP contribution in [-0.2, 0) is 13.0 Å². The van der Waals surface area contributed by atoms with Crippen LogP contribution in [0.1, 0.15) is 174 Å². The van der Waals surface area contributed by atoms with Crippen LogP contribution in [0.25, 0.3) is 0 Å². The molecule has 200 valence electrons. The monoisotopic (exact) mass is 475 g/mol. The maximum atomic E-state index is 3.50. The number of imidazole rings is 1. The maximum absolute atomic E-state index is 3.50. The number of aromatic amines is 1. The van der Waals surface area contributed by atoms with Crippen molar-refractivity contribution in [3.8, 4) is 0 Å². The van der Waals surface area contributed by atoms with Crippen LogP contribution in [0, 0.1) is 5.92 Å². The predicted octanol–water partition coefficient (Wildman–Crippen LogP) is 10.5. The highest BCUT2D eigenvalue weighted by atomic mass is 15.1. The van der Waals surface area contributed by atoms with E-state index in [1.165, 1.54) is 166 Å². The van der Waals surface area contributed by atoms with E-state index in [4.69, 9.17) is 0 Å². The Morgan fingerprint density at radius 3 is 1.53 bits per heavy atom. The van der Waals surface area contributed by atoms with E-state index in [1.807, 2.05) is 0 Å². The molecule has 0 fully saturated rings. The van der Waals surface area contributed by atoms with Crippen molar-refractivity contribution in [3.63, 3.8) is 0 Å².